The van der Waals surface area contributed by atoms with Crippen LogP contribution in [0.1, 0.15) is 111 Å². The summed E-state index contributed by atoms with van der Waals surface area (Å²) in [6.07, 6.45) is -13.8. The maximum Gasteiger partial charge on any atom is 0.475 e. The number of nitrogens with one attached hydrogen (secondary N) is 4. The molecule has 4 fully saturated rings. The number of hydrogen-bond acceptors (Lipinski definition) is 28. The molecule has 11 rings (SSSR count). The molecule has 1 amide bonds. The van der Waals surface area contributed by atoms with Gasteiger partial charge in [-0.05, 0) is 61.7 Å². The van der Waals surface area contributed by atoms with Crippen molar-refractivity contribution in [1.82, 2.24) is 38.2 Å². The third-order valence-electron chi connectivity index (χ3n) is 19.9. The van der Waals surface area contributed by atoms with E-state index in [0.29, 0.717) is 11.1 Å². The summed E-state index contributed by atoms with van der Waals surface area (Å²) in [5.74, 6) is -0.532. The Morgan fingerprint density at radius 1 is 0.521 bits per heavy atom. The minimum Gasteiger partial charge on any atom is -0.402 e. The fourth-order valence-electron chi connectivity index (χ4n) is 14.1. The second-order valence-corrected chi connectivity index (χ2v) is 38.3. The zero-order valence-corrected chi connectivity index (χ0v) is 70.2. The number of amides is 1. The summed E-state index contributed by atoms with van der Waals surface area (Å²) in [6, 6.07) is 27.5. The molecule has 0 radical (unpaired) electrons. The molecule has 4 aliphatic heterocycles. The van der Waals surface area contributed by atoms with Gasteiger partial charge in [-0.25, -0.2) is 52.6 Å². The third-order valence-corrected chi connectivity index (χ3v) is 29.5. The largest absolute Gasteiger partial charge is 0.475 e. The van der Waals surface area contributed by atoms with Crippen LogP contribution in [-0.4, -0.2) is 187 Å². The normalized spacial score (nSPS) is 24.0. The van der Waals surface area contributed by atoms with E-state index in [1.165, 1.54) is 57.2 Å². The lowest BCUT2D eigenvalue weighted by molar-refractivity contribution is -0.0822. The van der Waals surface area contributed by atoms with Crippen molar-refractivity contribution in [3.63, 3.8) is 0 Å². The number of H-pyrrole nitrogens is 3. The Hall–Kier alpha value is -9.21. The van der Waals surface area contributed by atoms with Crippen LogP contribution in [0.3, 0.4) is 0 Å². The van der Waals surface area contributed by atoms with E-state index in [9.17, 15) is 38.4 Å². The minimum atomic E-state index is -5.28. The highest BCUT2D eigenvalue weighted by Crippen LogP contribution is 2.59. The fourth-order valence-corrected chi connectivity index (χ4v) is 22.9. The summed E-state index contributed by atoms with van der Waals surface area (Å²) in [7, 11) is -17.7. The summed E-state index contributed by atoms with van der Waals surface area (Å²) in [4.78, 5) is 128. The summed E-state index contributed by atoms with van der Waals surface area (Å²) >= 11 is 0. The van der Waals surface area contributed by atoms with Crippen molar-refractivity contribution in [1.29, 1.82) is 0 Å². The molecule has 4 unspecified atom stereocenters. The van der Waals surface area contributed by atoms with Crippen LogP contribution in [-0.2, 0) is 87.3 Å². The van der Waals surface area contributed by atoms with Gasteiger partial charge in [0.2, 0.25) is 19.6 Å². The quantitative estimate of drug-likeness (QED) is 0.0132. The number of hydrogen-bond donors (Lipinski definition) is 4. The van der Waals surface area contributed by atoms with Gasteiger partial charge in [0.05, 0.1) is 45.2 Å². The fraction of sp³-hybridized carbons (Fsp3) is 0.500. The van der Waals surface area contributed by atoms with Gasteiger partial charge in [0, 0.05) is 79.0 Å². The molecular weight excluding hydrogens is 1630 g/mol. The van der Waals surface area contributed by atoms with Crippen LogP contribution in [0.5, 0.6) is 0 Å². The van der Waals surface area contributed by atoms with Crippen LogP contribution in [0, 0.1) is 47.4 Å². The van der Waals surface area contributed by atoms with Crippen molar-refractivity contribution in [2.75, 3.05) is 84.9 Å². The Kier molecular flexibility index (Phi) is 30.4. The van der Waals surface area contributed by atoms with Crippen LogP contribution in [0.15, 0.2) is 149 Å². The lowest BCUT2D eigenvalue weighted by Gasteiger charge is -2.45. The number of nitrogens with zero attached hydrogens (tertiary/aromatic N) is 8. The zero-order valence-electron chi connectivity index (χ0n) is 66.5. The van der Waals surface area contributed by atoms with Crippen LogP contribution in [0.2, 0.25) is 5.04 Å². The van der Waals surface area contributed by atoms with Crippen LogP contribution < -0.4 is 55.1 Å². The number of phosphoric ester groups is 3. The van der Waals surface area contributed by atoms with Gasteiger partial charge < -0.3 is 52.7 Å². The standard InChI is InChI=1S/C76H93N12O27P3Si/c1-13-54-64(65(101-36-35-100-12)71(111-54)88-43-50(5)69(91)84-75(88)96)114-118(99,104-34-31-79-11)107-45-59-56(38-62(109-59)87-42-49(4)68(90)83-74(87)95)112-116(97,102-32-29-77-9)105-44-58-55(37-61(108-58)86-41-48(3)67(89)82-73(86)94)113-117(98,103-33-30-78-10)106-46-60-57(115-119(76(6,7)8,52-25-19-15-20-26-52)53-27-21-16-22-28-53)39-63(110-60)85-40-47(2)66(81-72(85)93)80-70(92)51-23-17-14-18-24-51/h14-28,40-43,54-65,71H,13,29-39,44-46H2,1-8,12H3,(H,82,89,94)(H,83,90,95)(H,84,91,96)(H,80,81,92,93)/t54-,55-,56-,57-,58-,59-,60-,61-,62-,63-,64+,65?,71-,116?,117?,118?/m1/s1. The number of aryl methyl sites for hydroxylation is 4. The highest BCUT2D eigenvalue weighted by molar-refractivity contribution is 7.49. The van der Waals surface area contributed by atoms with Gasteiger partial charge in [-0.2, -0.15) is 4.98 Å². The molecule has 0 spiro atoms. The maximum absolute atomic E-state index is 15.9. The molecule has 16 atom stereocenters. The average Bonchev–Trinajstić information content (AvgIpc) is 1.31. The zero-order chi connectivity index (χ0) is 85.6. The van der Waals surface area contributed by atoms with Crippen LogP contribution in [0.4, 0.5) is 5.82 Å². The second-order valence-electron chi connectivity index (χ2n) is 29.2. The van der Waals surface area contributed by atoms with Gasteiger partial charge >= 0.3 is 46.2 Å². The molecule has 4 aromatic heterocycles. The van der Waals surface area contributed by atoms with E-state index in [0.717, 1.165) is 24.1 Å². The number of phosphoric acid groups is 3. The molecule has 4 N–H and O–H groups in total. The highest BCUT2D eigenvalue weighted by atomic mass is 31.2. The molecule has 638 valence electrons. The SMILES string of the molecule is [C-]#[N+]CCOP(=O)(OC[C@H]1O[C@@H](n2cc(C)c(=O)[nH]c2=O)C[C@H]1OP(=O)(OCC[N+]#[C-])OC[C@H]1O[C@@H](n2cc(C)c(=O)[nH]c2=O)C[C@H]1OP(=O)(OCC[N+]#[C-])OC[C@H]1O[C@@H](n2cc(C)c(NC(=O)c3ccccc3)nc2=O)C[C@H]1O[Si](c1ccccc1)(c1ccccc1)C(C)(C)C)O[C@@H]1C(OCCOC)[C@H](n2cc(C)c(=O)[nH]c2=O)O[C@@H]1CC. The first kappa shape index (κ1) is 90.5. The first-order valence-corrected chi connectivity index (χ1v) is 44.3. The number of ether oxygens (including phenoxy) is 6. The van der Waals surface area contributed by atoms with E-state index >= 15 is 13.7 Å². The number of aromatic amines is 3. The van der Waals surface area contributed by atoms with E-state index in [-0.39, 0.29) is 55.1 Å². The van der Waals surface area contributed by atoms with Crippen molar-refractivity contribution >= 4 is 53.9 Å². The van der Waals surface area contributed by atoms with Gasteiger partial charge in [-0.1, -0.05) is 107 Å². The molecule has 0 bridgehead atoms. The monoisotopic (exact) mass is 1730 g/mol. The molecular formula is C76H93N12O27P3Si. The molecule has 0 aliphatic carbocycles. The van der Waals surface area contributed by atoms with Gasteiger partial charge in [-0.15, -0.1) is 0 Å². The number of anilines is 1. The smallest absolute Gasteiger partial charge is 0.402 e. The minimum absolute atomic E-state index is 0.0137. The molecule has 7 aromatic rings. The molecule has 8 heterocycles. The number of aromatic nitrogens is 8. The molecule has 0 saturated carbocycles. The number of carbonyl (C=O) groups is 1. The van der Waals surface area contributed by atoms with Crippen molar-refractivity contribution in [3.8, 4) is 0 Å². The summed E-state index contributed by atoms with van der Waals surface area (Å²) in [5.41, 5.74) is -4.93. The number of carbonyl (C=O) groups excluding carboxylic acids is 1. The molecule has 43 heteroatoms. The first-order chi connectivity index (χ1) is 56.8. The summed E-state index contributed by atoms with van der Waals surface area (Å²) < 4.78 is 152. The van der Waals surface area contributed by atoms with Gasteiger partial charge in [0.15, 0.2) is 6.23 Å². The Morgan fingerprint density at radius 2 is 0.924 bits per heavy atom. The Bertz CT molecular complexity index is 5420. The van der Waals surface area contributed by atoms with E-state index < -0.39 is 228 Å². The van der Waals surface area contributed by atoms with E-state index in [1.54, 1.807) is 44.2 Å². The summed E-state index contributed by atoms with van der Waals surface area (Å²) in [5, 5.41) is 3.78. The molecule has 119 heavy (non-hydrogen) atoms. The van der Waals surface area contributed by atoms with Gasteiger partial charge in [-0.3, -0.25) is 93.1 Å². The highest BCUT2D eigenvalue weighted by Gasteiger charge is 2.56. The topological polar surface area (TPSA) is 441 Å². The Labute approximate surface area is 682 Å². The van der Waals surface area contributed by atoms with Crippen molar-refractivity contribution in [2.45, 2.75) is 166 Å². The number of rotatable bonds is 39. The average molecular weight is 1730 g/mol. The van der Waals surface area contributed by atoms with Crippen LogP contribution >= 0.6 is 23.5 Å². The summed E-state index contributed by atoms with van der Waals surface area (Å²) in [6.45, 7) is 30.9. The predicted octanol–water partition coefficient (Wildman–Crippen LogP) is 6.86. The van der Waals surface area contributed by atoms with E-state index in [4.69, 9.17) is 93.3 Å². The van der Waals surface area contributed by atoms with Crippen molar-refractivity contribution < 1.29 is 92.1 Å². The third kappa shape index (κ3) is 21.8. The maximum atomic E-state index is 15.9. The lowest BCUT2D eigenvalue weighted by Crippen LogP contribution is -2.68. The van der Waals surface area contributed by atoms with Crippen molar-refractivity contribution in [2.24, 2.45) is 0 Å². The first-order valence-electron chi connectivity index (χ1n) is 38.0. The molecule has 39 nitrogen and oxygen atoms in total. The van der Waals surface area contributed by atoms with Gasteiger partial charge in [0.25, 0.3) is 30.9 Å². The van der Waals surface area contributed by atoms with Crippen molar-refractivity contribution in [3.05, 3.63) is 251 Å². The predicted molar refractivity (Wildman–Crippen MR) is 427 cm³/mol. The van der Waals surface area contributed by atoms with Gasteiger partial charge in [0.1, 0.15) is 87.0 Å². The molecule has 3 aromatic carbocycles. The molecule has 4 saturated heterocycles. The molecule has 4 aliphatic rings. The van der Waals surface area contributed by atoms with E-state index in [1.807, 2.05) is 81.4 Å². The number of benzene rings is 3. The van der Waals surface area contributed by atoms with E-state index in [2.05, 4.69) is 39.8 Å². The lowest BCUT2D eigenvalue weighted by atomic mass is 10.1. The number of methoxy groups -OCH3 is 1. The Balaban J connectivity index is 0.919. The second kappa shape index (κ2) is 40.0. The van der Waals surface area contributed by atoms with Crippen LogP contribution in [0.25, 0.3) is 14.5 Å². The Morgan fingerprint density at radius 3 is 1.36 bits per heavy atom.